The van der Waals surface area contributed by atoms with Gasteiger partial charge < -0.3 is 14.9 Å². The maximum Gasteiger partial charge on any atom is 0.305 e. The van der Waals surface area contributed by atoms with Crippen LogP contribution in [0.25, 0.3) is 0 Å². The van der Waals surface area contributed by atoms with E-state index in [1.807, 2.05) is 6.08 Å². The largest absolute Gasteiger partial charge is 0.508 e. The number of imide groups is 2. The summed E-state index contributed by atoms with van der Waals surface area (Å²) >= 11 is 6.30. The Bertz CT molecular complexity index is 1930. The highest BCUT2D eigenvalue weighted by Gasteiger charge is 2.70. The number of nitrogens with zero attached hydrogens (tertiary/aromatic N) is 2. The molecule has 2 aliphatic carbocycles. The zero-order valence-corrected chi connectivity index (χ0v) is 26.9. The monoisotopic (exact) mass is 687 g/mol. The average Bonchev–Trinajstić information content (AvgIpc) is 3.45. The van der Waals surface area contributed by atoms with E-state index in [1.54, 1.807) is 36.4 Å². The van der Waals surface area contributed by atoms with Gasteiger partial charge in [0.05, 0.1) is 42.4 Å². The summed E-state index contributed by atoms with van der Waals surface area (Å²) < 4.78 is 19.1. The van der Waals surface area contributed by atoms with Crippen molar-refractivity contribution in [2.45, 2.75) is 30.6 Å². The van der Waals surface area contributed by atoms with Crippen LogP contribution in [0, 0.1) is 29.5 Å². The molecule has 3 aromatic rings. The number of fused-ring (bicyclic) bond motifs is 4. The standard InChI is InChI=1S/C36H31ClFN3O8/c1-49-22-10-11-24(28(42)16-22)31-23-12-13-25-30(34(47)40(32(25)45)15-14-29(43)44)26(23)17-27-33(46)41(39-21-8-6-20(38)7-9-21)35(48)36(27,31)18-2-4-19(37)5-3-18/h2-12,16,25-27,30-31,39,42H,13-15,17H2,1H3,(H,43,44)/t25-,26+,27-,30-,31+,36+/m0/s1. The van der Waals surface area contributed by atoms with Gasteiger partial charge >= 0.3 is 5.97 Å². The molecular formula is C36H31ClFN3O8. The number of allylic oxidation sites excluding steroid dienone is 2. The number of aromatic hydroxyl groups is 1. The highest BCUT2D eigenvalue weighted by molar-refractivity contribution is 6.30. The minimum Gasteiger partial charge on any atom is -0.508 e. The van der Waals surface area contributed by atoms with Crippen LogP contribution in [0.1, 0.15) is 36.3 Å². The number of rotatable bonds is 8. The minimum atomic E-state index is -1.66. The SMILES string of the molecule is COc1ccc([C@H]2C3=CC[C@@H]4C(=O)N(CCC(=O)O)C(=O)[C@@H]4[C@@H]3C[C@H]3C(=O)N(Nc4ccc(F)cc4)C(=O)[C@@]23c2ccc(Cl)cc2)c(O)c1. The first-order chi connectivity index (χ1) is 23.5. The molecule has 3 N–H and O–H groups in total. The molecule has 3 fully saturated rings. The van der Waals surface area contributed by atoms with E-state index in [2.05, 4.69) is 5.43 Å². The summed E-state index contributed by atoms with van der Waals surface area (Å²) in [5.74, 6) is -8.25. The summed E-state index contributed by atoms with van der Waals surface area (Å²) in [6, 6.07) is 16.4. The molecule has 2 aliphatic heterocycles. The van der Waals surface area contributed by atoms with Crippen molar-refractivity contribution >= 4 is 46.9 Å². The van der Waals surface area contributed by atoms with Crippen LogP contribution in [0.3, 0.4) is 0 Å². The predicted octanol–water partition coefficient (Wildman–Crippen LogP) is 4.65. The molecule has 4 aliphatic rings. The van der Waals surface area contributed by atoms with E-state index in [4.69, 9.17) is 16.3 Å². The van der Waals surface area contributed by atoms with E-state index < -0.39 is 76.8 Å². The Hall–Kier alpha value is -5.23. The third-order valence-corrected chi connectivity index (χ3v) is 10.7. The fourth-order valence-corrected chi connectivity index (χ4v) is 8.51. The Morgan fingerprint density at radius 1 is 1.00 bits per heavy atom. The lowest BCUT2D eigenvalue weighted by atomic mass is 9.49. The van der Waals surface area contributed by atoms with Crippen LogP contribution in [0.5, 0.6) is 11.5 Å². The molecule has 2 saturated heterocycles. The van der Waals surface area contributed by atoms with E-state index >= 15 is 4.79 Å². The van der Waals surface area contributed by atoms with Crippen LogP contribution < -0.4 is 10.2 Å². The number of carbonyl (C=O) groups excluding carboxylic acids is 4. The first-order valence-corrected chi connectivity index (χ1v) is 16.2. The van der Waals surface area contributed by atoms with Crippen LogP contribution in [0.15, 0.2) is 78.4 Å². The first kappa shape index (κ1) is 32.3. The van der Waals surface area contributed by atoms with Crippen LogP contribution >= 0.6 is 11.6 Å². The number of amides is 4. The van der Waals surface area contributed by atoms with E-state index in [9.17, 15) is 33.8 Å². The van der Waals surface area contributed by atoms with E-state index in [1.165, 1.54) is 37.4 Å². The molecule has 3 aromatic carbocycles. The number of ether oxygens (including phenoxy) is 1. The second-order valence-electron chi connectivity index (χ2n) is 12.8. The predicted molar refractivity (Wildman–Crippen MR) is 173 cm³/mol. The van der Waals surface area contributed by atoms with Crippen molar-refractivity contribution in [3.05, 3.63) is 100 Å². The lowest BCUT2D eigenvalue weighted by Gasteiger charge is -2.50. The number of carboxylic acids is 1. The maximum absolute atomic E-state index is 15.1. The second kappa shape index (κ2) is 12.0. The number of hydrogen-bond acceptors (Lipinski definition) is 8. The van der Waals surface area contributed by atoms with Gasteiger partial charge in [0.25, 0.3) is 11.8 Å². The number of carboxylic acid groups (broad SMARTS) is 1. The number of benzene rings is 3. The number of aliphatic carboxylic acids is 1. The molecule has 11 nitrogen and oxygen atoms in total. The van der Waals surface area contributed by atoms with Gasteiger partial charge in [0.1, 0.15) is 17.3 Å². The number of methoxy groups -OCH3 is 1. The quantitative estimate of drug-likeness (QED) is 0.227. The van der Waals surface area contributed by atoms with E-state index in [-0.39, 0.29) is 30.8 Å². The summed E-state index contributed by atoms with van der Waals surface area (Å²) in [5, 5.41) is 22.1. The van der Waals surface area contributed by atoms with Crippen LogP contribution in [0.2, 0.25) is 5.02 Å². The molecular weight excluding hydrogens is 657 g/mol. The highest BCUT2D eigenvalue weighted by atomic mass is 35.5. The molecule has 1 saturated carbocycles. The van der Waals surface area contributed by atoms with Crippen molar-refractivity contribution in [1.82, 2.24) is 9.91 Å². The molecule has 0 spiro atoms. The topological polar surface area (TPSA) is 154 Å². The number of likely N-dealkylation sites (tertiary alicyclic amines) is 1. The molecule has 0 radical (unpaired) electrons. The van der Waals surface area contributed by atoms with Gasteiger partial charge in [-0.25, -0.2) is 4.39 Å². The number of hydrazine groups is 1. The number of anilines is 1. The first-order valence-electron chi connectivity index (χ1n) is 15.8. The van der Waals surface area contributed by atoms with Crippen molar-refractivity contribution in [2.24, 2.45) is 23.7 Å². The molecule has 6 atom stereocenters. The van der Waals surface area contributed by atoms with Crippen LogP contribution in [-0.4, -0.2) is 63.4 Å². The molecule has 0 bridgehead atoms. The van der Waals surface area contributed by atoms with Gasteiger partial charge in [0.15, 0.2) is 0 Å². The van der Waals surface area contributed by atoms with Crippen molar-refractivity contribution in [3.63, 3.8) is 0 Å². The van der Waals surface area contributed by atoms with Gasteiger partial charge in [-0.05, 0) is 66.8 Å². The van der Waals surface area contributed by atoms with Gasteiger partial charge in [-0.3, -0.25) is 34.3 Å². The van der Waals surface area contributed by atoms with E-state index in [0.717, 1.165) is 9.91 Å². The van der Waals surface area contributed by atoms with Gasteiger partial charge in [-0.2, -0.15) is 5.01 Å². The zero-order chi connectivity index (χ0) is 34.8. The number of phenols is 1. The molecule has 4 amide bonds. The molecule has 0 aromatic heterocycles. The summed E-state index contributed by atoms with van der Waals surface area (Å²) in [6.07, 6.45) is 1.55. The number of carbonyl (C=O) groups is 5. The average molecular weight is 688 g/mol. The van der Waals surface area contributed by atoms with Crippen molar-refractivity contribution in [3.8, 4) is 11.5 Å². The third-order valence-electron chi connectivity index (χ3n) is 10.4. The summed E-state index contributed by atoms with van der Waals surface area (Å²) in [4.78, 5) is 69.5. The number of phenolic OH excluding ortho intramolecular Hbond substituents is 1. The number of hydrogen-bond donors (Lipinski definition) is 3. The Kier molecular flexibility index (Phi) is 7.93. The molecule has 49 heavy (non-hydrogen) atoms. The second-order valence-corrected chi connectivity index (χ2v) is 13.2. The lowest BCUT2D eigenvalue weighted by molar-refractivity contribution is -0.143. The van der Waals surface area contributed by atoms with Crippen molar-refractivity contribution in [2.75, 3.05) is 19.1 Å². The molecule has 252 valence electrons. The maximum atomic E-state index is 15.1. The third kappa shape index (κ3) is 4.96. The Labute approximate surface area is 284 Å². The molecule has 13 heteroatoms. The van der Waals surface area contributed by atoms with Gasteiger partial charge in [0.2, 0.25) is 11.8 Å². The summed E-state index contributed by atoms with van der Waals surface area (Å²) in [5.41, 5.74) is 2.84. The van der Waals surface area contributed by atoms with Crippen LogP contribution in [-0.2, 0) is 29.4 Å². The fraction of sp³-hybridized carbons (Fsp3) is 0.306. The summed E-state index contributed by atoms with van der Waals surface area (Å²) in [7, 11) is 1.44. The summed E-state index contributed by atoms with van der Waals surface area (Å²) in [6.45, 7) is -0.282. The molecule has 0 unspecified atom stereocenters. The Morgan fingerprint density at radius 3 is 2.37 bits per heavy atom. The molecule has 2 heterocycles. The number of halogens is 2. The van der Waals surface area contributed by atoms with Gasteiger partial charge in [0, 0.05) is 29.1 Å². The van der Waals surface area contributed by atoms with Crippen molar-refractivity contribution < 1.29 is 43.3 Å². The van der Waals surface area contributed by atoms with E-state index in [0.29, 0.717) is 27.5 Å². The highest BCUT2D eigenvalue weighted by Crippen LogP contribution is 2.65. The van der Waals surface area contributed by atoms with Gasteiger partial charge in [-0.1, -0.05) is 41.4 Å². The lowest BCUT2D eigenvalue weighted by Crippen LogP contribution is -2.53. The van der Waals surface area contributed by atoms with Crippen LogP contribution in [0.4, 0.5) is 10.1 Å². The fourth-order valence-electron chi connectivity index (χ4n) is 8.39. The van der Waals surface area contributed by atoms with Crippen molar-refractivity contribution in [1.29, 1.82) is 0 Å². The Morgan fingerprint density at radius 2 is 1.71 bits per heavy atom. The normalized spacial score (nSPS) is 27.4. The molecule has 7 rings (SSSR count). The smallest absolute Gasteiger partial charge is 0.305 e. The van der Waals surface area contributed by atoms with Gasteiger partial charge in [-0.15, -0.1) is 0 Å². The minimum absolute atomic E-state index is 0.000997. The Balaban J connectivity index is 1.44. The number of nitrogens with one attached hydrogen (secondary N) is 1. The zero-order valence-electron chi connectivity index (χ0n) is 26.1.